The van der Waals surface area contributed by atoms with Gasteiger partial charge in [-0.2, -0.15) is 0 Å². The maximum absolute atomic E-state index is 14.0. The molecular formula is C30H33N3O4. The van der Waals surface area contributed by atoms with Crippen molar-refractivity contribution < 1.29 is 14.3 Å². The van der Waals surface area contributed by atoms with Crippen molar-refractivity contribution in [3.05, 3.63) is 94.0 Å². The van der Waals surface area contributed by atoms with E-state index in [1.165, 1.54) is 0 Å². The molecular weight excluding hydrogens is 466 g/mol. The van der Waals surface area contributed by atoms with E-state index in [-0.39, 0.29) is 17.4 Å². The summed E-state index contributed by atoms with van der Waals surface area (Å²) in [6, 6.07) is 19.7. The summed E-state index contributed by atoms with van der Waals surface area (Å²) in [4.78, 5) is 34.4. The first-order chi connectivity index (χ1) is 17.7. The highest BCUT2D eigenvalue weighted by atomic mass is 16.5. The summed E-state index contributed by atoms with van der Waals surface area (Å²) in [7, 11) is 3.10. The Kier molecular flexibility index (Phi) is 7.62. The van der Waals surface area contributed by atoms with Crippen LogP contribution in [0.15, 0.2) is 71.5 Å². The molecule has 0 aliphatic heterocycles. The zero-order chi connectivity index (χ0) is 26.7. The molecule has 0 fully saturated rings. The van der Waals surface area contributed by atoms with Crippen LogP contribution in [0.5, 0.6) is 11.5 Å². The van der Waals surface area contributed by atoms with E-state index >= 15 is 0 Å². The molecule has 1 aromatic heterocycles. The molecule has 0 aliphatic rings. The number of hydrogen-bond donors (Lipinski definition) is 0. The number of carbonyl (C=O) groups is 1. The van der Waals surface area contributed by atoms with Crippen LogP contribution in [0, 0.1) is 12.8 Å². The van der Waals surface area contributed by atoms with E-state index in [0.29, 0.717) is 46.0 Å². The number of fused-ring (bicyclic) bond motifs is 1. The monoisotopic (exact) mass is 499 g/mol. The van der Waals surface area contributed by atoms with E-state index in [4.69, 9.17) is 14.5 Å². The molecule has 1 unspecified atom stereocenters. The highest BCUT2D eigenvalue weighted by Gasteiger charge is 2.29. The van der Waals surface area contributed by atoms with Crippen LogP contribution in [-0.2, 0) is 0 Å². The number of ether oxygens (including phenoxy) is 2. The summed E-state index contributed by atoms with van der Waals surface area (Å²) in [5, 5.41) is 0.526. The molecule has 0 aliphatic carbocycles. The molecule has 0 saturated heterocycles. The van der Waals surface area contributed by atoms with Gasteiger partial charge in [-0.05, 0) is 56.2 Å². The SMILES string of the molecule is COc1cc(OC)cc(C(=O)N(CC(C)C)C(C)c2nc3ccccc3c(=O)n2-c2ccc(C)cc2)c1. The molecule has 37 heavy (non-hydrogen) atoms. The summed E-state index contributed by atoms with van der Waals surface area (Å²) in [6.07, 6.45) is 0. The number of nitrogens with zero attached hydrogens (tertiary/aromatic N) is 3. The second-order valence-electron chi connectivity index (χ2n) is 9.59. The molecule has 7 heteroatoms. The van der Waals surface area contributed by atoms with Crippen molar-refractivity contribution in [1.29, 1.82) is 0 Å². The molecule has 7 nitrogen and oxygen atoms in total. The lowest BCUT2D eigenvalue weighted by molar-refractivity contribution is 0.0654. The van der Waals surface area contributed by atoms with E-state index in [2.05, 4.69) is 13.8 Å². The fraction of sp³-hybridized carbons (Fsp3) is 0.300. The van der Waals surface area contributed by atoms with Crippen LogP contribution in [0.4, 0.5) is 0 Å². The zero-order valence-electron chi connectivity index (χ0n) is 22.2. The van der Waals surface area contributed by atoms with Crippen molar-refractivity contribution in [3.63, 3.8) is 0 Å². The number of rotatable bonds is 8. The maximum atomic E-state index is 14.0. The van der Waals surface area contributed by atoms with Crippen LogP contribution in [0.25, 0.3) is 16.6 Å². The Morgan fingerprint density at radius 3 is 2.16 bits per heavy atom. The molecule has 0 N–H and O–H groups in total. The number of aryl methyl sites for hydroxylation is 1. The van der Waals surface area contributed by atoms with Crippen LogP contribution in [0.3, 0.4) is 0 Å². The van der Waals surface area contributed by atoms with Gasteiger partial charge in [0, 0.05) is 18.2 Å². The first kappa shape index (κ1) is 25.9. The third-order valence-corrected chi connectivity index (χ3v) is 6.36. The molecule has 1 heterocycles. The summed E-state index contributed by atoms with van der Waals surface area (Å²) < 4.78 is 12.4. The Balaban J connectivity index is 1.91. The summed E-state index contributed by atoms with van der Waals surface area (Å²) >= 11 is 0. The number of amides is 1. The van der Waals surface area contributed by atoms with Crippen LogP contribution in [-0.4, -0.2) is 41.1 Å². The summed E-state index contributed by atoms with van der Waals surface area (Å²) in [5.41, 5.74) is 2.65. The molecule has 3 aromatic carbocycles. The van der Waals surface area contributed by atoms with E-state index < -0.39 is 6.04 Å². The van der Waals surface area contributed by atoms with Gasteiger partial charge in [0.05, 0.1) is 36.9 Å². The summed E-state index contributed by atoms with van der Waals surface area (Å²) in [5.74, 6) is 1.53. The Hall–Kier alpha value is -4.13. The number of hydrogen-bond acceptors (Lipinski definition) is 5. The quantitative estimate of drug-likeness (QED) is 0.317. The molecule has 192 valence electrons. The number of benzene rings is 3. The number of methoxy groups -OCH3 is 2. The van der Waals surface area contributed by atoms with Crippen LogP contribution in [0.2, 0.25) is 0 Å². The molecule has 0 spiro atoms. The van der Waals surface area contributed by atoms with E-state index in [0.717, 1.165) is 5.56 Å². The Morgan fingerprint density at radius 2 is 1.57 bits per heavy atom. The van der Waals surface area contributed by atoms with Gasteiger partial charge in [-0.15, -0.1) is 0 Å². The molecule has 4 aromatic rings. The normalized spacial score (nSPS) is 12.0. The van der Waals surface area contributed by atoms with Gasteiger partial charge in [0.1, 0.15) is 17.3 Å². The van der Waals surface area contributed by atoms with Crippen molar-refractivity contribution in [1.82, 2.24) is 14.5 Å². The highest BCUT2D eigenvalue weighted by Crippen LogP contribution is 2.28. The van der Waals surface area contributed by atoms with E-state index in [1.807, 2.05) is 56.3 Å². The standard InChI is InChI=1S/C30H33N3O4/c1-19(2)18-32(29(34)22-15-24(36-5)17-25(16-22)37-6)21(4)28-31-27-10-8-7-9-26(27)30(35)33(28)23-13-11-20(3)12-14-23/h7-17,19,21H,18H2,1-6H3. The molecule has 0 radical (unpaired) electrons. The third-order valence-electron chi connectivity index (χ3n) is 6.36. The largest absolute Gasteiger partial charge is 0.497 e. The number of para-hydroxylation sites is 1. The minimum Gasteiger partial charge on any atom is -0.497 e. The second-order valence-corrected chi connectivity index (χ2v) is 9.59. The Morgan fingerprint density at radius 1 is 0.946 bits per heavy atom. The van der Waals surface area contributed by atoms with Gasteiger partial charge in [-0.25, -0.2) is 4.98 Å². The molecule has 4 rings (SSSR count). The average molecular weight is 500 g/mol. The minimum atomic E-state index is -0.509. The van der Waals surface area contributed by atoms with Crippen LogP contribution >= 0.6 is 0 Å². The van der Waals surface area contributed by atoms with Crippen molar-refractivity contribution >= 4 is 16.8 Å². The molecule has 0 bridgehead atoms. The van der Waals surface area contributed by atoms with Gasteiger partial charge >= 0.3 is 0 Å². The third kappa shape index (κ3) is 5.35. The van der Waals surface area contributed by atoms with Crippen molar-refractivity contribution in [3.8, 4) is 17.2 Å². The lowest BCUT2D eigenvalue weighted by atomic mass is 10.1. The first-order valence-electron chi connectivity index (χ1n) is 12.4. The second kappa shape index (κ2) is 10.9. The van der Waals surface area contributed by atoms with Gasteiger partial charge < -0.3 is 14.4 Å². The molecule has 1 amide bonds. The zero-order valence-corrected chi connectivity index (χ0v) is 22.2. The van der Waals surface area contributed by atoms with Crippen molar-refractivity contribution in [2.75, 3.05) is 20.8 Å². The van der Waals surface area contributed by atoms with E-state index in [1.54, 1.807) is 48.0 Å². The van der Waals surface area contributed by atoms with Gasteiger partial charge in [0.15, 0.2) is 0 Å². The number of carbonyl (C=O) groups excluding carboxylic acids is 1. The van der Waals surface area contributed by atoms with Gasteiger partial charge in [-0.3, -0.25) is 14.2 Å². The predicted octanol–water partition coefficient (Wildman–Crippen LogP) is 5.57. The highest BCUT2D eigenvalue weighted by molar-refractivity contribution is 5.95. The smallest absolute Gasteiger partial charge is 0.266 e. The average Bonchev–Trinajstić information content (AvgIpc) is 2.91. The van der Waals surface area contributed by atoms with Crippen molar-refractivity contribution in [2.45, 2.75) is 33.7 Å². The topological polar surface area (TPSA) is 73.7 Å². The Bertz CT molecular complexity index is 1450. The fourth-order valence-electron chi connectivity index (χ4n) is 4.42. The van der Waals surface area contributed by atoms with Gasteiger partial charge in [-0.1, -0.05) is 43.7 Å². The lowest BCUT2D eigenvalue weighted by Crippen LogP contribution is -2.39. The fourth-order valence-corrected chi connectivity index (χ4v) is 4.42. The first-order valence-corrected chi connectivity index (χ1v) is 12.4. The lowest BCUT2D eigenvalue weighted by Gasteiger charge is -2.32. The Labute approximate surface area is 217 Å². The van der Waals surface area contributed by atoms with Crippen LogP contribution in [0.1, 0.15) is 48.6 Å². The molecule has 0 saturated carbocycles. The molecule has 1 atom stereocenters. The number of aromatic nitrogens is 2. The van der Waals surface area contributed by atoms with Gasteiger partial charge in [0.2, 0.25) is 0 Å². The summed E-state index contributed by atoms with van der Waals surface area (Å²) in [6.45, 7) is 8.50. The minimum absolute atomic E-state index is 0.170. The van der Waals surface area contributed by atoms with E-state index in [9.17, 15) is 9.59 Å². The predicted molar refractivity (Wildman–Crippen MR) is 146 cm³/mol. The van der Waals surface area contributed by atoms with Crippen LogP contribution < -0.4 is 15.0 Å². The maximum Gasteiger partial charge on any atom is 0.266 e. The van der Waals surface area contributed by atoms with Crippen molar-refractivity contribution in [2.24, 2.45) is 5.92 Å². The van der Waals surface area contributed by atoms with Gasteiger partial charge in [0.25, 0.3) is 11.5 Å².